The molecule has 1 aliphatic carbocycles. The topological polar surface area (TPSA) is 17.8 Å². The van der Waals surface area contributed by atoms with Gasteiger partial charge in [-0.2, -0.15) is 0 Å². The number of aromatic nitrogens is 2. The van der Waals surface area contributed by atoms with Crippen LogP contribution < -0.4 is 0 Å². The van der Waals surface area contributed by atoms with Crippen LogP contribution in [0.2, 0.25) is 0 Å². The van der Waals surface area contributed by atoms with Crippen molar-refractivity contribution >= 4 is 60.0 Å². The van der Waals surface area contributed by atoms with E-state index in [9.17, 15) is 0 Å². The van der Waals surface area contributed by atoms with Crippen LogP contribution in [0, 0.1) is 0 Å². The van der Waals surface area contributed by atoms with Gasteiger partial charge in [0.1, 0.15) is 0 Å². The van der Waals surface area contributed by atoms with E-state index in [4.69, 9.17) is 4.98 Å². The number of allylic oxidation sites excluding steroid dienone is 4. The maximum atomic E-state index is 5.16. The van der Waals surface area contributed by atoms with E-state index < -0.39 is 0 Å². The van der Waals surface area contributed by atoms with Gasteiger partial charge in [0.2, 0.25) is 0 Å². The fourth-order valence-electron chi connectivity index (χ4n) is 8.95. The fraction of sp³-hybridized carbons (Fsp3) is 0.0377. The van der Waals surface area contributed by atoms with Gasteiger partial charge in [0.05, 0.1) is 22.2 Å². The average molecular weight is 701 g/mol. The molecule has 0 spiro atoms. The van der Waals surface area contributed by atoms with E-state index in [1.165, 1.54) is 82.3 Å². The lowest BCUT2D eigenvalue weighted by molar-refractivity contribution is 0.857. The summed E-state index contributed by atoms with van der Waals surface area (Å²) in [5.41, 5.74) is 13.0. The molecule has 8 aromatic carbocycles. The highest BCUT2D eigenvalue weighted by Gasteiger charge is 2.20. The second-order valence-corrected chi connectivity index (χ2v) is 14.6. The average Bonchev–Trinajstić information content (AvgIpc) is 3.60. The third-order valence-corrected chi connectivity index (χ3v) is 11.5. The van der Waals surface area contributed by atoms with Crippen LogP contribution in [0.5, 0.6) is 0 Å². The summed E-state index contributed by atoms with van der Waals surface area (Å²) in [6, 6.07) is 66.1. The molecule has 258 valence electrons. The van der Waals surface area contributed by atoms with Gasteiger partial charge in [0.25, 0.3) is 0 Å². The van der Waals surface area contributed by atoms with Gasteiger partial charge in [-0.3, -0.25) is 0 Å². The Morgan fingerprint density at radius 1 is 0.473 bits per heavy atom. The molecule has 0 saturated carbocycles. The largest absolute Gasteiger partial charge is 0.310 e. The Balaban J connectivity index is 1.01. The first-order valence-corrected chi connectivity index (χ1v) is 19.2. The molecule has 2 nitrogen and oxygen atoms in total. The van der Waals surface area contributed by atoms with E-state index in [2.05, 4.69) is 205 Å². The Hall–Kier alpha value is -7.03. The van der Waals surface area contributed by atoms with Crippen molar-refractivity contribution in [2.75, 3.05) is 0 Å². The summed E-state index contributed by atoms with van der Waals surface area (Å²) in [5.74, 6) is 0.259. The summed E-state index contributed by atoms with van der Waals surface area (Å²) < 4.78 is 2.43. The predicted octanol–water partition coefficient (Wildman–Crippen LogP) is 14.2. The van der Waals surface area contributed by atoms with Crippen molar-refractivity contribution in [1.82, 2.24) is 9.55 Å². The highest BCUT2D eigenvalue weighted by atomic mass is 15.0. The molecule has 10 aromatic rings. The van der Waals surface area contributed by atoms with Crippen LogP contribution in [0.1, 0.15) is 17.9 Å². The predicted molar refractivity (Wildman–Crippen MR) is 233 cm³/mol. The van der Waals surface area contributed by atoms with Crippen molar-refractivity contribution in [3.63, 3.8) is 0 Å². The van der Waals surface area contributed by atoms with Gasteiger partial charge in [0.15, 0.2) is 0 Å². The number of hydrogen-bond donors (Lipinski definition) is 0. The molecule has 0 bridgehead atoms. The number of rotatable bonds is 5. The Morgan fingerprint density at radius 2 is 1.09 bits per heavy atom. The molecule has 1 atom stereocenters. The molecular formula is C53H36N2. The SMILES string of the molecule is C1=CC(n2c3ccccc3c3ccccc32)=CC(c2ccc(-c3ccc(-c4cc(-c5ccccc5)nc5ccc6ccccc6c45)cc3)c3ccccc23)C1. The van der Waals surface area contributed by atoms with Crippen LogP contribution >= 0.6 is 0 Å². The summed E-state index contributed by atoms with van der Waals surface area (Å²) >= 11 is 0. The van der Waals surface area contributed by atoms with E-state index in [-0.39, 0.29) is 5.92 Å². The molecule has 2 heteroatoms. The number of hydrogen-bond acceptors (Lipinski definition) is 1. The highest BCUT2D eigenvalue weighted by Crippen LogP contribution is 2.41. The molecule has 0 aliphatic heterocycles. The molecule has 0 N–H and O–H groups in total. The molecule has 0 amide bonds. The molecule has 2 aromatic heterocycles. The first-order valence-electron chi connectivity index (χ1n) is 19.2. The molecule has 2 heterocycles. The van der Waals surface area contributed by atoms with Crippen LogP contribution in [-0.4, -0.2) is 9.55 Å². The van der Waals surface area contributed by atoms with Gasteiger partial charge in [-0.1, -0.05) is 170 Å². The monoisotopic (exact) mass is 700 g/mol. The molecule has 0 saturated heterocycles. The summed E-state index contributed by atoms with van der Waals surface area (Å²) in [6.07, 6.45) is 8.09. The summed E-state index contributed by atoms with van der Waals surface area (Å²) in [7, 11) is 0. The number of nitrogens with zero attached hydrogens (tertiary/aromatic N) is 2. The first kappa shape index (κ1) is 31.5. The summed E-state index contributed by atoms with van der Waals surface area (Å²) in [6.45, 7) is 0. The van der Waals surface area contributed by atoms with Crippen LogP contribution in [0.4, 0.5) is 0 Å². The van der Waals surface area contributed by atoms with E-state index in [0.29, 0.717) is 0 Å². The Labute approximate surface area is 320 Å². The zero-order valence-electron chi connectivity index (χ0n) is 30.2. The maximum Gasteiger partial charge on any atom is 0.0722 e. The molecule has 11 rings (SSSR count). The lowest BCUT2D eigenvalue weighted by atomic mass is 9.85. The Morgan fingerprint density at radius 3 is 1.84 bits per heavy atom. The lowest BCUT2D eigenvalue weighted by Crippen LogP contribution is -2.04. The number of pyridine rings is 1. The normalized spacial score (nSPS) is 14.3. The van der Waals surface area contributed by atoms with Gasteiger partial charge in [-0.25, -0.2) is 4.98 Å². The van der Waals surface area contributed by atoms with Crippen molar-refractivity contribution in [2.24, 2.45) is 0 Å². The quantitative estimate of drug-likeness (QED) is 0.163. The minimum Gasteiger partial charge on any atom is -0.310 e. The summed E-state index contributed by atoms with van der Waals surface area (Å²) in [4.78, 5) is 5.16. The molecule has 1 aliphatic rings. The highest BCUT2D eigenvalue weighted by molar-refractivity contribution is 6.14. The van der Waals surface area contributed by atoms with Crippen LogP contribution in [-0.2, 0) is 0 Å². The van der Waals surface area contributed by atoms with E-state index in [1.807, 2.05) is 0 Å². The minimum atomic E-state index is 0.259. The standard InChI is InChI=1S/C53H36N2/c1-2-14-38(15-3-1)50-34-48(53-43-18-5-4-13-35(43)29-32-49(53)54-50)37-27-25-36(26-28-37)41-30-31-42(45-20-7-6-19-44(41)45)39-16-12-17-40(33-39)55-51-23-10-8-21-46(51)47-22-9-11-24-52(47)55/h1-15,17-34,39H,16H2. The molecular weight excluding hydrogens is 665 g/mol. The molecule has 0 fully saturated rings. The van der Waals surface area contributed by atoms with Crippen LogP contribution in [0.15, 0.2) is 200 Å². The van der Waals surface area contributed by atoms with E-state index in [0.717, 1.165) is 23.2 Å². The zero-order valence-corrected chi connectivity index (χ0v) is 30.2. The maximum absolute atomic E-state index is 5.16. The van der Waals surface area contributed by atoms with Crippen LogP contribution in [0.3, 0.4) is 0 Å². The molecule has 1 unspecified atom stereocenters. The van der Waals surface area contributed by atoms with Gasteiger partial charge in [-0.05, 0) is 86.1 Å². The van der Waals surface area contributed by atoms with Gasteiger partial charge < -0.3 is 4.57 Å². The first-order chi connectivity index (χ1) is 27.3. The number of benzene rings is 8. The Bertz CT molecular complexity index is 3110. The van der Waals surface area contributed by atoms with Crippen molar-refractivity contribution in [2.45, 2.75) is 12.3 Å². The van der Waals surface area contributed by atoms with Gasteiger partial charge >= 0.3 is 0 Å². The second kappa shape index (κ2) is 12.8. The van der Waals surface area contributed by atoms with Gasteiger partial charge in [-0.15, -0.1) is 0 Å². The fourth-order valence-corrected chi connectivity index (χ4v) is 8.95. The number of para-hydroxylation sites is 2. The summed E-state index contributed by atoms with van der Waals surface area (Å²) in [5, 5.41) is 8.80. The Kier molecular flexibility index (Phi) is 7.34. The van der Waals surface area contributed by atoms with Crippen molar-refractivity contribution in [3.8, 4) is 33.5 Å². The number of fused-ring (bicyclic) bond motifs is 7. The second-order valence-electron chi connectivity index (χ2n) is 14.6. The third-order valence-electron chi connectivity index (χ3n) is 11.5. The third kappa shape index (κ3) is 5.21. The molecule has 0 radical (unpaired) electrons. The van der Waals surface area contributed by atoms with Crippen molar-refractivity contribution in [1.29, 1.82) is 0 Å². The van der Waals surface area contributed by atoms with Crippen LogP contribution in [0.25, 0.3) is 93.5 Å². The van der Waals surface area contributed by atoms with E-state index in [1.54, 1.807) is 0 Å². The van der Waals surface area contributed by atoms with Crippen molar-refractivity contribution in [3.05, 3.63) is 206 Å². The van der Waals surface area contributed by atoms with E-state index >= 15 is 0 Å². The zero-order chi connectivity index (χ0) is 36.3. The smallest absolute Gasteiger partial charge is 0.0722 e. The van der Waals surface area contributed by atoms with Crippen molar-refractivity contribution < 1.29 is 0 Å². The van der Waals surface area contributed by atoms with Gasteiger partial charge in [0, 0.05) is 33.3 Å². The lowest BCUT2D eigenvalue weighted by Gasteiger charge is -2.22. The molecule has 55 heavy (non-hydrogen) atoms. The minimum absolute atomic E-state index is 0.259.